The summed E-state index contributed by atoms with van der Waals surface area (Å²) in [4.78, 5) is 10.7. The second-order valence-corrected chi connectivity index (χ2v) is 6.74. The lowest BCUT2D eigenvalue weighted by Gasteiger charge is -2.27. The molecule has 4 aromatic rings. The molecule has 7 heteroatoms. The van der Waals surface area contributed by atoms with E-state index in [4.69, 9.17) is 4.74 Å². The fourth-order valence-corrected chi connectivity index (χ4v) is 3.50. The Hall–Kier alpha value is -3.45. The third-order valence-corrected chi connectivity index (χ3v) is 5.00. The van der Waals surface area contributed by atoms with E-state index in [2.05, 4.69) is 37.2 Å². The lowest BCUT2D eigenvalue weighted by molar-refractivity contribution is 0.122. The largest absolute Gasteiger partial charge is 0.493 e. The highest BCUT2D eigenvalue weighted by atomic mass is 16.5. The van der Waals surface area contributed by atoms with Gasteiger partial charge in [-0.2, -0.15) is 5.10 Å². The molecule has 0 radical (unpaired) electrons. The SMILES string of the molecule is Oc1ccc(-c2ccc3[nH]nc(-c4ccnc(N5CCOCC5)c4)c3c2)cn1. The zero-order valence-corrected chi connectivity index (χ0v) is 15.2. The van der Waals surface area contributed by atoms with Gasteiger partial charge in [0.05, 0.1) is 18.7 Å². The van der Waals surface area contributed by atoms with Crippen molar-refractivity contribution in [3.05, 3.63) is 54.9 Å². The predicted octanol–water partition coefficient (Wildman–Crippen LogP) is 3.23. The van der Waals surface area contributed by atoms with Gasteiger partial charge in [-0.1, -0.05) is 6.07 Å². The van der Waals surface area contributed by atoms with Crippen LogP contribution in [0.1, 0.15) is 0 Å². The zero-order chi connectivity index (χ0) is 18.9. The van der Waals surface area contributed by atoms with Crippen molar-refractivity contribution in [1.29, 1.82) is 0 Å². The highest BCUT2D eigenvalue weighted by molar-refractivity contribution is 5.95. The molecule has 1 fully saturated rings. The van der Waals surface area contributed by atoms with Crippen LogP contribution in [0.4, 0.5) is 5.82 Å². The molecule has 1 aliphatic heterocycles. The summed E-state index contributed by atoms with van der Waals surface area (Å²) in [6.45, 7) is 3.13. The van der Waals surface area contributed by atoms with E-state index in [1.165, 1.54) is 0 Å². The number of aromatic hydroxyl groups is 1. The molecule has 0 spiro atoms. The van der Waals surface area contributed by atoms with Crippen molar-refractivity contribution in [3.63, 3.8) is 0 Å². The number of nitrogens with zero attached hydrogens (tertiary/aromatic N) is 4. The standard InChI is InChI=1S/C21H19N5O2/c27-20-4-2-16(13-23-20)14-1-3-18-17(11-14)21(25-24-18)15-5-6-22-19(12-15)26-7-9-28-10-8-26/h1-6,11-13H,7-10H2,(H,23,27)(H,24,25). The van der Waals surface area contributed by atoms with Crippen molar-refractivity contribution in [3.8, 4) is 28.3 Å². The first-order chi connectivity index (χ1) is 13.8. The monoisotopic (exact) mass is 373 g/mol. The molecule has 0 bridgehead atoms. The molecule has 1 aliphatic rings. The first kappa shape index (κ1) is 16.7. The van der Waals surface area contributed by atoms with Gasteiger partial charge in [-0.3, -0.25) is 5.10 Å². The number of hydrogen-bond acceptors (Lipinski definition) is 6. The normalized spacial score (nSPS) is 14.5. The van der Waals surface area contributed by atoms with Crippen LogP contribution in [0.3, 0.4) is 0 Å². The average Bonchev–Trinajstić information content (AvgIpc) is 3.18. The van der Waals surface area contributed by atoms with E-state index < -0.39 is 0 Å². The quantitative estimate of drug-likeness (QED) is 0.573. The minimum absolute atomic E-state index is 0.0151. The maximum absolute atomic E-state index is 9.42. The molecular weight excluding hydrogens is 354 g/mol. The van der Waals surface area contributed by atoms with Gasteiger partial charge in [0.15, 0.2) is 0 Å². The average molecular weight is 373 g/mol. The van der Waals surface area contributed by atoms with Crippen LogP contribution >= 0.6 is 0 Å². The number of benzene rings is 1. The summed E-state index contributed by atoms with van der Waals surface area (Å²) in [5.41, 5.74) is 4.83. The van der Waals surface area contributed by atoms with Gasteiger partial charge in [0.1, 0.15) is 11.5 Å². The Labute approximate surface area is 161 Å². The van der Waals surface area contributed by atoms with Crippen LogP contribution < -0.4 is 4.90 Å². The Kier molecular flexibility index (Phi) is 4.14. The van der Waals surface area contributed by atoms with Crippen molar-refractivity contribution in [1.82, 2.24) is 20.2 Å². The Balaban J connectivity index is 1.55. The second-order valence-electron chi connectivity index (χ2n) is 6.74. The van der Waals surface area contributed by atoms with Gasteiger partial charge in [0, 0.05) is 48.1 Å². The third kappa shape index (κ3) is 3.05. The highest BCUT2D eigenvalue weighted by Crippen LogP contribution is 2.31. The lowest BCUT2D eigenvalue weighted by atomic mass is 10.0. The first-order valence-electron chi connectivity index (χ1n) is 9.20. The molecule has 4 heterocycles. The van der Waals surface area contributed by atoms with Crippen LogP contribution in [0.25, 0.3) is 33.3 Å². The van der Waals surface area contributed by atoms with E-state index in [1.54, 1.807) is 12.3 Å². The summed E-state index contributed by atoms with van der Waals surface area (Å²) >= 11 is 0. The maximum Gasteiger partial charge on any atom is 0.210 e. The number of fused-ring (bicyclic) bond motifs is 1. The summed E-state index contributed by atoms with van der Waals surface area (Å²) in [6.07, 6.45) is 3.49. The Morgan fingerprint density at radius 3 is 2.61 bits per heavy atom. The van der Waals surface area contributed by atoms with E-state index in [-0.39, 0.29) is 5.88 Å². The molecule has 7 nitrogen and oxygen atoms in total. The van der Waals surface area contributed by atoms with Gasteiger partial charge < -0.3 is 14.7 Å². The Morgan fingerprint density at radius 2 is 1.79 bits per heavy atom. The van der Waals surface area contributed by atoms with Gasteiger partial charge >= 0.3 is 0 Å². The topological polar surface area (TPSA) is 87.2 Å². The third-order valence-electron chi connectivity index (χ3n) is 5.00. The number of morpholine rings is 1. The first-order valence-corrected chi connectivity index (χ1v) is 9.20. The van der Waals surface area contributed by atoms with E-state index in [0.29, 0.717) is 0 Å². The summed E-state index contributed by atoms with van der Waals surface area (Å²) in [5, 5.41) is 18.1. The molecule has 2 N–H and O–H groups in total. The molecule has 0 aliphatic carbocycles. The smallest absolute Gasteiger partial charge is 0.210 e. The molecule has 140 valence electrons. The van der Waals surface area contributed by atoms with Crippen LogP contribution in [-0.4, -0.2) is 51.6 Å². The number of ether oxygens (including phenoxy) is 1. The maximum atomic E-state index is 9.42. The molecule has 1 aromatic carbocycles. The van der Waals surface area contributed by atoms with Crippen molar-refractivity contribution in [2.75, 3.05) is 31.2 Å². The van der Waals surface area contributed by atoms with Gasteiger partial charge in [-0.05, 0) is 35.9 Å². The van der Waals surface area contributed by atoms with Crippen molar-refractivity contribution < 1.29 is 9.84 Å². The number of rotatable bonds is 3. The molecule has 0 saturated carbocycles. The molecule has 0 amide bonds. The summed E-state index contributed by atoms with van der Waals surface area (Å²) in [6, 6.07) is 13.6. The number of H-pyrrole nitrogens is 1. The van der Waals surface area contributed by atoms with Gasteiger partial charge in [0.2, 0.25) is 5.88 Å². The zero-order valence-electron chi connectivity index (χ0n) is 15.2. The Bertz CT molecular complexity index is 1120. The second kappa shape index (κ2) is 6.94. The molecule has 3 aromatic heterocycles. The van der Waals surface area contributed by atoms with Gasteiger partial charge in [-0.25, -0.2) is 9.97 Å². The molecule has 1 saturated heterocycles. The molecule has 0 unspecified atom stereocenters. The summed E-state index contributed by atoms with van der Waals surface area (Å²) in [7, 11) is 0. The van der Waals surface area contributed by atoms with E-state index >= 15 is 0 Å². The van der Waals surface area contributed by atoms with E-state index in [9.17, 15) is 5.11 Å². The molecule has 5 rings (SSSR count). The van der Waals surface area contributed by atoms with Gasteiger partial charge in [0.25, 0.3) is 0 Å². The van der Waals surface area contributed by atoms with Crippen LogP contribution in [0.2, 0.25) is 0 Å². The number of anilines is 1. The van der Waals surface area contributed by atoms with E-state index in [0.717, 1.165) is 65.4 Å². The molecule has 0 atom stereocenters. The van der Waals surface area contributed by atoms with Crippen LogP contribution in [0.5, 0.6) is 5.88 Å². The predicted molar refractivity (Wildman–Crippen MR) is 107 cm³/mol. The van der Waals surface area contributed by atoms with Crippen LogP contribution in [0, 0.1) is 0 Å². The number of hydrogen-bond donors (Lipinski definition) is 2. The Morgan fingerprint density at radius 1 is 0.929 bits per heavy atom. The summed E-state index contributed by atoms with van der Waals surface area (Å²) in [5.74, 6) is 0.956. The van der Waals surface area contributed by atoms with E-state index in [1.807, 2.05) is 30.5 Å². The van der Waals surface area contributed by atoms with Crippen molar-refractivity contribution in [2.45, 2.75) is 0 Å². The van der Waals surface area contributed by atoms with Crippen LogP contribution in [0.15, 0.2) is 54.9 Å². The molecular formula is C21H19N5O2. The number of aromatic nitrogens is 4. The minimum atomic E-state index is 0.0151. The van der Waals surface area contributed by atoms with Crippen LogP contribution in [-0.2, 0) is 4.74 Å². The number of nitrogens with one attached hydrogen (secondary N) is 1. The number of aromatic amines is 1. The minimum Gasteiger partial charge on any atom is -0.493 e. The van der Waals surface area contributed by atoms with Crippen molar-refractivity contribution in [2.24, 2.45) is 0 Å². The fraction of sp³-hybridized carbons (Fsp3) is 0.190. The van der Waals surface area contributed by atoms with Gasteiger partial charge in [-0.15, -0.1) is 0 Å². The molecule has 28 heavy (non-hydrogen) atoms. The summed E-state index contributed by atoms with van der Waals surface area (Å²) < 4.78 is 5.44. The number of pyridine rings is 2. The highest BCUT2D eigenvalue weighted by Gasteiger charge is 2.15. The fourth-order valence-electron chi connectivity index (χ4n) is 3.50. The van der Waals surface area contributed by atoms with Crippen molar-refractivity contribution >= 4 is 16.7 Å². The lowest BCUT2D eigenvalue weighted by Crippen LogP contribution is -2.36.